The van der Waals surface area contributed by atoms with E-state index in [1.807, 2.05) is 0 Å². The molecule has 0 aliphatic carbocycles. The number of amides is 1. The zero-order chi connectivity index (χ0) is 18.0. The molecule has 1 aliphatic rings. The number of nitrogens with one attached hydrogen (secondary N) is 1. The first kappa shape index (κ1) is 19.0. The Bertz CT molecular complexity index is 594. The number of nitrogens with two attached hydrogens (primary N) is 1. The molecule has 6 N–H and O–H groups in total. The van der Waals surface area contributed by atoms with E-state index in [-0.39, 0.29) is 15.8 Å². The molecule has 0 bridgehead atoms. The summed E-state index contributed by atoms with van der Waals surface area (Å²) < 4.78 is 11.0. The van der Waals surface area contributed by atoms with Crippen molar-refractivity contribution >= 4 is 34.8 Å². The molecule has 1 aliphatic heterocycles. The Kier molecular flexibility index (Phi) is 6.13. The van der Waals surface area contributed by atoms with Crippen LogP contribution in [0.15, 0.2) is 12.1 Å². The summed E-state index contributed by atoms with van der Waals surface area (Å²) in [7, 11) is 0. The molecule has 1 heterocycles. The first-order valence-electron chi connectivity index (χ1n) is 7.05. The molecule has 24 heavy (non-hydrogen) atoms. The predicted molar refractivity (Wildman–Crippen MR) is 86.9 cm³/mol. The van der Waals surface area contributed by atoms with Crippen molar-refractivity contribution in [1.29, 1.82) is 0 Å². The maximum absolute atomic E-state index is 11.4. The van der Waals surface area contributed by atoms with Crippen molar-refractivity contribution in [2.45, 2.75) is 37.6 Å². The number of carbonyl (C=O) groups excluding carboxylic acids is 1. The number of hydrogen-bond donors (Lipinski definition) is 5. The largest absolute Gasteiger partial charge is 0.459 e. The average molecular weight is 381 g/mol. The van der Waals surface area contributed by atoms with Gasteiger partial charge in [-0.25, -0.2) is 0 Å². The maximum atomic E-state index is 11.4. The number of halogens is 2. The second-order valence-electron chi connectivity index (χ2n) is 5.36. The van der Waals surface area contributed by atoms with Crippen LogP contribution in [0.3, 0.4) is 0 Å². The molecule has 0 saturated carbocycles. The lowest BCUT2D eigenvalue weighted by molar-refractivity contribution is -0.244. The van der Waals surface area contributed by atoms with Gasteiger partial charge in [0, 0.05) is 12.6 Å². The molecule has 1 saturated heterocycles. The first-order valence-corrected chi connectivity index (χ1v) is 7.81. The Hall–Kier alpha value is -1.29. The van der Waals surface area contributed by atoms with Gasteiger partial charge in [-0.1, -0.05) is 23.2 Å². The van der Waals surface area contributed by atoms with E-state index in [1.165, 1.54) is 19.1 Å². The third-order valence-electron chi connectivity index (χ3n) is 3.51. The van der Waals surface area contributed by atoms with E-state index in [0.29, 0.717) is 5.69 Å². The number of anilines is 1. The molecule has 134 valence electrons. The van der Waals surface area contributed by atoms with Gasteiger partial charge in [-0.2, -0.15) is 0 Å². The summed E-state index contributed by atoms with van der Waals surface area (Å²) in [6, 6.07) is 1.71. The lowest BCUT2D eigenvalue weighted by Crippen LogP contribution is -2.65. The lowest BCUT2D eigenvalue weighted by Gasteiger charge is -2.42. The average Bonchev–Trinajstić information content (AvgIpc) is 2.49. The van der Waals surface area contributed by atoms with Gasteiger partial charge in [0.15, 0.2) is 5.75 Å². The molecule has 1 fully saturated rings. The van der Waals surface area contributed by atoms with E-state index in [1.54, 1.807) is 0 Å². The van der Waals surface area contributed by atoms with Crippen molar-refractivity contribution in [1.82, 2.24) is 5.32 Å². The highest BCUT2D eigenvalue weighted by Gasteiger charge is 2.46. The Morgan fingerprint density at radius 2 is 1.92 bits per heavy atom. The highest BCUT2D eigenvalue weighted by molar-refractivity contribution is 6.37. The van der Waals surface area contributed by atoms with Crippen molar-refractivity contribution in [2.75, 3.05) is 12.3 Å². The zero-order valence-electron chi connectivity index (χ0n) is 12.6. The lowest BCUT2D eigenvalue weighted by atomic mass is 9.97. The number of benzene rings is 1. The molecule has 10 heteroatoms. The first-order chi connectivity index (χ1) is 11.2. The van der Waals surface area contributed by atoms with Gasteiger partial charge in [0.25, 0.3) is 0 Å². The third kappa shape index (κ3) is 4.02. The molecule has 1 aromatic carbocycles. The van der Waals surface area contributed by atoms with Crippen LogP contribution in [-0.4, -0.2) is 58.5 Å². The standard InChI is InChI=1S/C14H18Cl2N2O6/c1-5(20)18-10-12(22)11(21)9(4-19)23-14(10)24-13-7(15)2-6(17)3-8(13)16/h2-3,9-12,14,19,21-22H,4,17H2,1H3,(H,18,20)/t9-,10-,11-,12-,14+/m1/s1. The van der Waals surface area contributed by atoms with Crippen molar-refractivity contribution in [3.05, 3.63) is 22.2 Å². The van der Waals surface area contributed by atoms with Gasteiger partial charge in [-0.15, -0.1) is 0 Å². The van der Waals surface area contributed by atoms with Crippen LogP contribution in [-0.2, 0) is 9.53 Å². The van der Waals surface area contributed by atoms with Gasteiger partial charge >= 0.3 is 0 Å². The minimum absolute atomic E-state index is 0.0353. The number of hydrogen-bond acceptors (Lipinski definition) is 7. The quantitative estimate of drug-likeness (QED) is 0.460. The number of carbonyl (C=O) groups is 1. The molecule has 8 nitrogen and oxygen atoms in total. The van der Waals surface area contributed by atoms with E-state index in [4.69, 9.17) is 38.4 Å². The smallest absolute Gasteiger partial charge is 0.223 e. The second kappa shape index (κ2) is 7.73. The van der Waals surface area contributed by atoms with Crippen LogP contribution in [0.5, 0.6) is 5.75 Å². The van der Waals surface area contributed by atoms with E-state index >= 15 is 0 Å². The molecule has 1 aromatic rings. The summed E-state index contributed by atoms with van der Waals surface area (Å²) in [6.07, 6.45) is -5.20. The van der Waals surface area contributed by atoms with E-state index < -0.39 is 43.2 Å². The van der Waals surface area contributed by atoms with E-state index in [2.05, 4.69) is 5.32 Å². The Morgan fingerprint density at radius 3 is 2.42 bits per heavy atom. The monoisotopic (exact) mass is 380 g/mol. The Labute approximate surface area is 148 Å². The molecule has 0 aromatic heterocycles. The van der Waals surface area contributed by atoms with Crippen LogP contribution in [0, 0.1) is 0 Å². The molecular weight excluding hydrogens is 363 g/mol. The highest BCUT2D eigenvalue weighted by atomic mass is 35.5. The van der Waals surface area contributed by atoms with Gasteiger partial charge in [-0.05, 0) is 12.1 Å². The third-order valence-corrected chi connectivity index (χ3v) is 4.07. The number of aliphatic hydroxyl groups excluding tert-OH is 3. The predicted octanol–water partition coefficient (Wildman–Crippen LogP) is -0.102. The van der Waals surface area contributed by atoms with E-state index in [0.717, 1.165) is 0 Å². The SMILES string of the molecule is CC(=O)N[C@H]1[C@H](Oc2c(Cl)cc(N)cc2Cl)O[C@H](CO)[C@@H](O)[C@@H]1O. The summed E-state index contributed by atoms with van der Waals surface area (Å²) in [5.41, 5.74) is 5.94. The highest BCUT2D eigenvalue weighted by Crippen LogP contribution is 2.37. The van der Waals surface area contributed by atoms with E-state index in [9.17, 15) is 20.1 Å². The zero-order valence-corrected chi connectivity index (χ0v) is 14.2. The van der Waals surface area contributed by atoms with Crippen molar-refractivity contribution in [2.24, 2.45) is 0 Å². The van der Waals surface area contributed by atoms with Gasteiger partial charge < -0.3 is 35.8 Å². The summed E-state index contributed by atoms with van der Waals surface area (Å²) >= 11 is 12.1. The molecule has 0 radical (unpaired) electrons. The summed E-state index contributed by atoms with van der Waals surface area (Å²) in [5, 5.41) is 32.0. The van der Waals surface area contributed by atoms with Crippen molar-refractivity contribution in [3.63, 3.8) is 0 Å². The van der Waals surface area contributed by atoms with Gasteiger partial charge in [0.05, 0.1) is 16.7 Å². The van der Waals surface area contributed by atoms with Crippen molar-refractivity contribution < 1.29 is 29.6 Å². The fourth-order valence-corrected chi connectivity index (χ4v) is 2.97. The molecule has 1 amide bonds. The van der Waals surface area contributed by atoms with Crippen molar-refractivity contribution in [3.8, 4) is 5.75 Å². The summed E-state index contributed by atoms with van der Waals surface area (Å²) in [5.74, 6) is -0.437. The Morgan fingerprint density at radius 1 is 1.33 bits per heavy atom. The normalized spacial score (nSPS) is 30.0. The topological polar surface area (TPSA) is 134 Å². The van der Waals surface area contributed by atoms with Crippen LogP contribution >= 0.6 is 23.2 Å². The minimum Gasteiger partial charge on any atom is -0.459 e. The maximum Gasteiger partial charge on any atom is 0.223 e. The van der Waals surface area contributed by atoms with Gasteiger partial charge in [0.1, 0.15) is 24.4 Å². The fraction of sp³-hybridized carbons (Fsp3) is 0.500. The molecule has 0 unspecified atom stereocenters. The summed E-state index contributed by atoms with van der Waals surface area (Å²) in [4.78, 5) is 11.4. The number of rotatable bonds is 4. The molecule has 5 atom stereocenters. The molecule has 0 spiro atoms. The molecule has 2 rings (SSSR count). The van der Waals surface area contributed by atoms with Crippen LogP contribution in [0.25, 0.3) is 0 Å². The summed E-state index contributed by atoms with van der Waals surface area (Å²) in [6.45, 7) is 0.672. The van der Waals surface area contributed by atoms with Crippen LogP contribution in [0.2, 0.25) is 10.0 Å². The van der Waals surface area contributed by atoms with Gasteiger partial charge in [-0.3, -0.25) is 4.79 Å². The fourth-order valence-electron chi connectivity index (χ4n) is 2.38. The van der Waals surface area contributed by atoms with Crippen LogP contribution in [0.1, 0.15) is 6.92 Å². The second-order valence-corrected chi connectivity index (χ2v) is 6.18. The minimum atomic E-state index is -1.43. The van der Waals surface area contributed by atoms with Gasteiger partial charge in [0.2, 0.25) is 12.2 Å². The number of ether oxygens (including phenoxy) is 2. The number of nitrogen functional groups attached to an aromatic ring is 1. The Balaban J connectivity index is 2.31. The molecular formula is C14H18Cl2N2O6. The number of aliphatic hydroxyl groups is 3. The van der Waals surface area contributed by atoms with Crippen LogP contribution in [0.4, 0.5) is 5.69 Å². The van der Waals surface area contributed by atoms with Crippen LogP contribution < -0.4 is 15.8 Å².